The molecule has 2 aliphatic rings. The molecule has 0 heterocycles. The molecule has 84 valence electrons. The second-order valence-electron chi connectivity index (χ2n) is 4.61. The number of carbonyl (C=O) groups is 1. The van der Waals surface area contributed by atoms with Crippen molar-refractivity contribution in [2.24, 2.45) is 10.8 Å². The van der Waals surface area contributed by atoms with Gasteiger partial charge in [0.2, 0.25) is 0 Å². The minimum atomic E-state index is -0.775. The van der Waals surface area contributed by atoms with Crippen molar-refractivity contribution in [1.29, 1.82) is 10.5 Å². The summed E-state index contributed by atoms with van der Waals surface area (Å²) in [6.07, 6.45) is 2.33. The Bertz CT molecular complexity index is 347. The Morgan fingerprint density at radius 2 is 1.38 bits per heavy atom. The molecule has 0 spiro atoms. The summed E-state index contributed by atoms with van der Waals surface area (Å²) in [6, 6.07) is 4.24. The average Bonchev–Trinajstić information content (AvgIpc) is 3.20. The van der Waals surface area contributed by atoms with Gasteiger partial charge in [-0.3, -0.25) is 0 Å². The lowest BCUT2D eigenvalue weighted by atomic mass is 10.1. The van der Waals surface area contributed by atoms with E-state index in [1.165, 1.54) is 0 Å². The van der Waals surface area contributed by atoms with Crippen molar-refractivity contribution in [3.63, 3.8) is 0 Å². The fourth-order valence-corrected chi connectivity index (χ4v) is 1.31. The number of hydrogen-bond acceptors (Lipinski definition) is 5. The summed E-state index contributed by atoms with van der Waals surface area (Å²) in [4.78, 5) is 11.2. The van der Waals surface area contributed by atoms with Gasteiger partial charge in [-0.05, 0) is 25.7 Å². The van der Waals surface area contributed by atoms with Gasteiger partial charge in [0, 0.05) is 0 Å². The van der Waals surface area contributed by atoms with E-state index in [1.807, 2.05) is 0 Å². The van der Waals surface area contributed by atoms with E-state index in [0.717, 1.165) is 25.7 Å². The van der Waals surface area contributed by atoms with E-state index >= 15 is 0 Å². The lowest BCUT2D eigenvalue weighted by Gasteiger charge is -2.09. The molecule has 0 radical (unpaired) electrons. The maximum atomic E-state index is 11.2. The molecule has 16 heavy (non-hydrogen) atoms. The van der Waals surface area contributed by atoms with E-state index in [1.54, 1.807) is 0 Å². The summed E-state index contributed by atoms with van der Waals surface area (Å²) in [7, 11) is 0. The normalized spacial score (nSPS) is 22.4. The molecule has 0 aromatic heterocycles. The molecule has 0 aromatic carbocycles. The molecule has 2 fully saturated rings. The quantitative estimate of drug-likeness (QED) is 0.674. The Kier molecular flexibility index (Phi) is 2.47. The van der Waals surface area contributed by atoms with E-state index in [2.05, 4.69) is 12.1 Å². The van der Waals surface area contributed by atoms with Crippen LogP contribution in [0.25, 0.3) is 0 Å². The van der Waals surface area contributed by atoms with Gasteiger partial charge in [0.15, 0.2) is 0 Å². The van der Waals surface area contributed by atoms with Crippen LogP contribution < -0.4 is 0 Å². The first-order valence-corrected chi connectivity index (χ1v) is 5.26. The standard InChI is InChI=1S/C11H12N2O3/c12-5-10(1-2-10)7-15-9(14)16-8-11(6-13)3-4-11/h1-4,7-8H2. The van der Waals surface area contributed by atoms with Gasteiger partial charge >= 0.3 is 6.16 Å². The first kappa shape index (κ1) is 10.8. The van der Waals surface area contributed by atoms with E-state index in [4.69, 9.17) is 20.0 Å². The molecule has 0 aromatic rings. The maximum absolute atomic E-state index is 11.2. The van der Waals surface area contributed by atoms with Gasteiger partial charge in [0.1, 0.15) is 13.2 Å². The molecular formula is C11H12N2O3. The summed E-state index contributed by atoms with van der Waals surface area (Å²) in [6.45, 7) is 0.198. The van der Waals surface area contributed by atoms with Crippen molar-refractivity contribution >= 4 is 6.16 Å². The molecule has 0 saturated heterocycles. The Balaban J connectivity index is 1.66. The van der Waals surface area contributed by atoms with Crippen LogP contribution in [0.1, 0.15) is 25.7 Å². The molecule has 2 aliphatic carbocycles. The maximum Gasteiger partial charge on any atom is 0.508 e. The van der Waals surface area contributed by atoms with Crippen molar-refractivity contribution < 1.29 is 14.3 Å². The largest absolute Gasteiger partial charge is 0.508 e. The summed E-state index contributed by atoms with van der Waals surface area (Å²) in [5.41, 5.74) is -0.933. The van der Waals surface area contributed by atoms with Crippen LogP contribution in [0.5, 0.6) is 0 Å². The topological polar surface area (TPSA) is 83.1 Å². The zero-order chi connectivity index (χ0) is 11.6. The molecule has 0 aliphatic heterocycles. The molecule has 5 heteroatoms. The second kappa shape index (κ2) is 3.68. The van der Waals surface area contributed by atoms with Crippen molar-refractivity contribution in [2.75, 3.05) is 13.2 Å². The van der Waals surface area contributed by atoms with Crippen LogP contribution in [0.3, 0.4) is 0 Å². The number of nitrogens with zero attached hydrogens (tertiary/aromatic N) is 2. The van der Waals surface area contributed by atoms with Crippen LogP contribution in [0.4, 0.5) is 4.79 Å². The lowest BCUT2D eigenvalue weighted by molar-refractivity contribution is 0.0387. The molecule has 0 bridgehead atoms. The van der Waals surface area contributed by atoms with Crippen LogP contribution in [0.2, 0.25) is 0 Å². The van der Waals surface area contributed by atoms with Gasteiger partial charge in [0.05, 0.1) is 23.0 Å². The third kappa shape index (κ3) is 2.25. The number of nitriles is 2. The SMILES string of the molecule is N#CC1(COC(=O)OCC2(C#N)CC2)CC1. The second-order valence-corrected chi connectivity index (χ2v) is 4.61. The summed E-state index contributed by atoms with van der Waals surface area (Å²) >= 11 is 0. The van der Waals surface area contributed by atoms with Crippen LogP contribution in [-0.4, -0.2) is 19.4 Å². The Labute approximate surface area is 93.6 Å². The Morgan fingerprint density at radius 1 is 1.00 bits per heavy atom. The first-order chi connectivity index (χ1) is 7.64. The van der Waals surface area contributed by atoms with Crippen LogP contribution in [0, 0.1) is 33.5 Å². The predicted molar refractivity (Wildman–Crippen MR) is 51.9 cm³/mol. The monoisotopic (exact) mass is 220 g/mol. The predicted octanol–water partition coefficient (Wildman–Crippen LogP) is 1.75. The van der Waals surface area contributed by atoms with Crippen LogP contribution in [0.15, 0.2) is 0 Å². The van der Waals surface area contributed by atoms with Gasteiger partial charge in [-0.2, -0.15) is 10.5 Å². The zero-order valence-electron chi connectivity index (χ0n) is 8.86. The van der Waals surface area contributed by atoms with Crippen LogP contribution >= 0.6 is 0 Å². The minimum absolute atomic E-state index is 0.0991. The van der Waals surface area contributed by atoms with Crippen molar-refractivity contribution in [1.82, 2.24) is 0 Å². The van der Waals surface area contributed by atoms with Gasteiger partial charge in [-0.25, -0.2) is 4.79 Å². The van der Waals surface area contributed by atoms with E-state index < -0.39 is 17.0 Å². The molecule has 0 N–H and O–H groups in total. The van der Waals surface area contributed by atoms with Crippen molar-refractivity contribution in [3.05, 3.63) is 0 Å². The highest BCUT2D eigenvalue weighted by molar-refractivity contribution is 5.60. The Morgan fingerprint density at radius 3 is 1.62 bits per heavy atom. The smallest absolute Gasteiger partial charge is 0.433 e. The lowest BCUT2D eigenvalue weighted by Crippen LogP contribution is -2.18. The summed E-state index contributed by atoms with van der Waals surface area (Å²) < 4.78 is 9.67. The molecule has 5 nitrogen and oxygen atoms in total. The fraction of sp³-hybridized carbons (Fsp3) is 0.727. The molecule has 2 saturated carbocycles. The highest BCUT2D eigenvalue weighted by Gasteiger charge is 2.46. The van der Waals surface area contributed by atoms with Crippen LogP contribution in [-0.2, 0) is 9.47 Å². The molecule has 0 atom stereocenters. The van der Waals surface area contributed by atoms with Gasteiger partial charge in [-0.1, -0.05) is 0 Å². The molecule has 0 unspecified atom stereocenters. The first-order valence-electron chi connectivity index (χ1n) is 5.26. The van der Waals surface area contributed by atoms with Crippen molar-refractivity contribution in [3.8, 4) is 12.1 Å². The zero-order valence-corrected chi connectivity index (χ0v) is 8.86. The minimum Gasteiger partial charge on any atom is -0.433 e. The number of rotatable bonds is 4. The van der Waals surface area contributed by atoms with E-state index in [-0.39, 0.29) is 13.2 Å². The Hall–Kier alpha value is -1.75. The molecular weight excluding hydrogens is 208 g/mol. The van der Waals surface area contributed by atoms with E-state index in [0.29, 0.717) is 0 Å². The molecule has 2 rings (SSSR count). The third-order valence-corrected chi connectivity index (χ3v) is 3.11. The number of hydrogen-bond donors (Lipinski definition) is 0. The average molecular weight is 220 g/mol. The van der Waals surface area contributed by atoms with Gasteiger partial charge < -0.3 is 9.47 Å². The van der Waals surface area contributed by atoms with E-state index in [9.17, 15) is 4.79 Å². The van der Waals surface area contributed by atoms with Gasteiger partial charge in [0.25, 0.3) is 0 Å². The fourth-order valence-electron chi connectivity index (χ4n) is 1.31. The van der Waals surface area contributed by atoms with Gasteiger partial charge in [-0.15, -0.1) is 0 Å². The summed E-state index contributed by atoms with van der Waals surface area (Å²) in [5, 5.41) is 17.5. The number of ether oxygens (including phenoxy) is 2. The highest BCUT2D eigenvalue weighted by atomic mass is 16.7. The third-order valence-electron chi connectivity index (χ3n) is 3.11. The number of carbonyl (C=O) groups excluding carboxylic acids is 1. The summed E-state index contributed by atoms with van der Waals surface area (Å²) in [5.74, 6) is 0. The van der Waals surface area contributed by atoms with Crippen molar-refractivity contribution in [2.45, 2.75) is 25.7 Å². The highest BCUT2D eigenvalue weighted by Crippen LogP contribution is 2.46. The molecule has 0 amide bonds.